The van der Waals surface area contributed by atoms with Crippen LogP contribution in [-0.4, -0.2) is 31.1 Å². The van der Waals surface area contributed by atoms with Crippen molar-refractivity contribution in [1.29, 1.82) is 0 Å². The van der Waals surface area contributed by atoms with Crippen molar-refractivity contribution in [1.82, 2.24) is 10.2 Å². The first kappa shape index (κ1) is 14.0. The Morgan fingerprint density at radius 3 is 2.80 bits per heavy atom. The number of nitrogens with one attached hydrogen (secondary N) is 1. The van der Waals surface area contributed by atoms with Crippen LogP contribution in [0.4, 0.5) is 8.78 Å². The number of rotatable bonds is 5. The van der Waals surface area contributed by atoms with Gasteiger partial charge in [-0.1, -0.05) is 18.2 Å². The highest BCUT2D eigenvalue weighted by Crippen LogP contribution is 2.37. The van der Waals surface area contributed by atoms with E-state index in [-0.39, 0.29) is 11.6 Å². The summed E-state index contributed by atoms with van der Waals surface area (Å²) in [4.78, 5) is 2.30. The summed E-state index contributed by atoms with van der Waals surface area (Å²) in [6.07, 6.45) is 1.33. The van der Waals surface area contributed by atoms with Gasteiger partial charge in [-0.2, -0.15) is 0 Å². The summed E-state index contributed by atoms with van der Waals surface area (Å²) in [6.45, 7) is 2.04. The van der Waals surface area contributed by atoms with E-state index in [2.05, 4.69) is 17.3 Å². The van der Waals surface area contributed by atoms with Crippen LogP contribution in [0.2, 0.25) is 0 Å². The van der Waals surface area contributed by atoms with Crippen molar-refractivity contribution in [3.05, 3.63) is 35.4 Å². The van der Waals surface area contributed by atoms with Gasteiger partial charge in [0, 0.05) is 24.2 Å². The Bertz CT molecular complexity index is 460. The SMILES string of the molecule is CN1CCC(CNC2CC2)C1c1cccc(C(F)F)c1. The molecule has 2 aliphatic rings. The van der Waals surface area contributed by atoms with E-state index in [4.69, 9.17) is 0 Å². The van der Waals surface area contributed by atoms with Crippen LogP contribution < -0.4 is 5.32 Å². The van der Waals surface area contributed by atoms with Crippen LogP contribution in [0.1, 0.15) is 42.9 Å². The number of likely N-dealkylation sites (tertiary alicyclic amines) is 1. The third-order valence-electron chi connectivity index (χ3n) is 4.52. The van der Waals surface area contributed by atoms with E-state index >= 15 is 0 Å². The quantitative estimate of drug-likeness (QED) is 0.889. The lowest BCUT2D eigenvalue weighted by atomic mass is 9.92. The van der Waals surface area contributed by atoms with E-state index in [0.29, 0.717) is 12.0 Å². The summed E-state index contributed by atoms with van der Waals surface area (Å²) in [7, 11) is 2.09. The Morgan fingerprint density at radius 2 is 2.10 bits per heavy atom. The summed E-state index contributed by atoms with van der Waals surface area (Å²) >= 11 is 0. The van der Waals surface area contributed by atoms with E-state index < -0.39 is 6.43 Å². The Balaban J connectivity index is 1.75. The van der Waals surface area contributed by atoms with Crippen LogP contribution >= 0.6 is 0 Å². The van der Waals surface area contributed by atoms with E-state index in [1.54, 1.807) is 12.1 Å². The number of hydrogen-bond acceptors (Lipinski definition) is 2. The molecule has 1 N–H and O–H groups in total. The van der Waals surface area contributed by atoms with Gasteiger partial charge in [0.1, 0.15) is 0 Å². The lowest BCUT2D eigenvalue weighted by Gasteiger charge is -2.26. The number of benzene rings is 1. The third-order valence-corrected chi connectivity index (χ3v) is 4.52. The van der Waals surface area contributed by atoms with Gasteiger partial charge in [0.25, 0.3) is 6.43 Å². The fourth-order valence-corrected chi connectivity index (χ4v) is 3.25. The fraction of sp³-hybridized carbons (Fsp3) is 0.625. The van der Waals surface area contributed by atoms with Crippen LogP contribution in [0.5, 0.6) is 0 Å². The second-order valence-corrected chi connectivity index (χ2v) is 6.13. The molecule has 0 bridgehead atoms. The third kappa shape index (κ3) is 3.01. The molecular weight excluding hydrogens is 258 g/mol. The van der Waals surface area contributed by atoms with Gasteiger partial charge in [-0.15, -0.1) is 0 Å². The molecular formula is C16H22F2N2. The van der Waals surface area contributed by atoms with Crippen molar-refractivity contribution in [3.63, 3.8) is 0 Å². The Hall–Kier alpha value is -1.00. The second-order valence-electron chi connectivity index (χ2n) is 6.13. The number of alkyl halides is 2. The highest BCUT2D eigenvalue weighted by molar-refractivity contribution is 5.28. The van der Waals surface area contributed by atoms with E-state index in [0.717, 1.165) is 25.1 Å². The number of halogens is 2. The monoisotopic (exact) mass is 280 g/mol. The van der Waals surface area contributed by atoms with Crippen LogP contribution in [0.3, 0.4) is 0 Å². The zero-order chi connectivity index (χ0) is 14.1. The first-order valence-electron chi connectivity index (χ1n) is 7.47. The minimum Gasteiger partial charge on any atom is -0.314 e. The van der Waals surface area contributed by atoms with Crippen molar-refractivity contribution in [2.75, 3.05) is 20.1 Å². The molecule has 3 rings (SSSR count). The predicted molar refractivity (Wildman–Crippen MR) is 75.9 cm³/mol. The minimum absolute atomic E-state index is 0.136. The topological polar surface area (TPSA) is 15.3 Å². The first-order chi connectivity index (χ1) is 9.65. The summed E-state index contributed by atoms with van der Waals surface area (Å²) in [5, 5.41) is 3.58. The number of hydrogen-bond donors (Lipinski definition) is 1. The number of nitrogens with zero attached hydrogens (tertiary/aromatic N) is 1. The molecule has 0 radical (unpaired) electrons. The smallest absolute Gasteiger partial charge is 0.263 e. The van der Waals surface area contributed by atoms with Crippen molar-refractivity contribution in [2.24, 2.45) is 5.92 Å². The van der Waals surface area contributed by atoms with E-state index in [9.17, 15) is 8.78 Å². The molecule has 2 nitrogen and oxygen atoms in total. The highest BCUT2D eigenvalue weighted by atomic mass is 19.3. The molecule has 110 valence electrons. The molecule has 1 saturated carbocycles. The fourth-order valence-electron chi connectivity index (χ4n) is 3.25. The predicted octanol–water partition coefficient (Wildman–Crippen LogP) is 3.37. The van der Waals surface area contributed by atoms with Gasteiger partial charge >= 0.3 is 0 Å². The van der Waals surface area contributed by atoms with Gasteiger partial charge in [0.05, 0.1) is 0 Å². The summed E-state index contributed by atoms with van der Waals surface area (Å²) in [6, 6.07) is 7.91. The van der Waals surface area contributed by atoms with Gasteiger partial charge in [0.2, 0.25) is 0 Å². The van der Waals surface area contributed by atoms with Gasteiger partial charge in [-0.25, -0.2) is 8.78 Å². The molecule has 0 spiro atoms. The molecule has 2 atom stereocenters. The van der Waals surface area contributed by atoms with Crippen LogP contribution in [-0.2, 0) is 0 Å². The standard InChI is InChI=1S/C16H22F2N2/c1-20-8-7-13(10-19-14-5-6-14)15(20)11-3-2-4-12(9-11)16(17)18/h2-4,9,13-16,19H,5-8,10H2,1H3. The average Bonchev–Trinajstić information content (AvgIpc) is 3.19. The summed E-state index contributed by atoms with van der Waals surface area (Å²) < 4.78 is 25.7. The molecule has 2 unspecified atom stereocenters. The van der Waals surface area contributed by atoms with E-state index in [1.807, 2.05) is 6.07 Å². The molecule has 1 aliphatic heterocycles. The van der Waals surface area contributed by atoms with Crippen LogP contribution in [0.25, 0.3) is 0 Å². The molecule has 1 saturated heterocycles. The zero-order valence-corrected chi connectivity index (χ0v) is 11.9. The average molecular weight is 280 g/mol. The molecule has 1 aromatic rings. The van der Waals surface area contributed by atoms with E-state index in [1.165, 1.54) is 18.9 Å². The summed E-state index contributed by atoms with van der Waals surface area (Å²) in [5.74, 6) is 0.522. The lowest BCUT2D eigenvalue weighted by molar-refractivity contribution is 0.151. The maximum atomic E-state index is 12.9. The van der Waals surface area contributed by atoms with Gasteiger partial charge in [-0.05, 0) is 50.4 Å². The molecule has 1 aliphatic carbocycles. The highest BCUT2D eigenvalue weighted by Gasteiger charge is 2.34. The summed E-state index contributed by atoms with van der Waals surface area (Å²) in [5.41, 5.74) is 1.17. The molecule has 1 aromatic carbocycles. The maximum Gasteiger partial charge on any atom is 0.263 e. The molecule has 1 heterocycles. The van der Waals surface area contributed by atoms with Crippen molar-refractivity contribution in [2.45, 2.75) is 37.8 Å². The largest absolute Gasteiger partial charge is 0.314 e. The second kappa shape index (κ2) is 5.78. The first-order valence-corrected chi connectivity index (χ1v) is 7.47. The maximum absolute atomic E-state index is 12.9. The van der Waals surface area contributed by atoms with Gasteiger partial charge in [0.15, 0.2) is 0 Å². The van der Waals surface area contributed by atoms with Crippen LogP contribution in [0.15, 0.2) is 24.3 Å². The van der Waals surface area contributed by atoms with Crippen LogP contribution in [0, 0.1) is 5.92 Å². The molecule has 4 heteroatoms. The zero-order valence-electron chi connectivity index (χ0n) is 11.9. The Labute approximate surface area is 119 Å². The minimum atomic E-state index is -2.38. The van der Waals surface area contributed by atoms with Crippen molar-refractivity contribution < 1.29 is 8.78 Å². The molecule has 2 fully saturated rings. The molecule has 0 aromatic heterocycles. The Kier molecular flexibility index (Phi) is 4.03. The molecule has 20 heavy (non-hydrogen) atoms. The van der Waals surface area contributed by atoms with Gasteiger partial charge < -0.3 is 5.32 Å². The van der Waals surface area contributed by atoms with Gasteiger partial charge in [-0.3, -0.25) is 4.90 Å². The van der Waals surface area contributed by atoms with Crippen molar-refractivity contribution >= 4 is 0 Å². The lowest BCUT2D eigenvalue weighted by Crippen LogP contribution is -2.29. The van der Waals surface area contributed by atoms with Crippen molar-refractivity contribution in [3.8, 4) is 0 Å². The normalized spacial score (nSPS) is 27.4. The Morgan fingerprint density at radius 1 is 1.30 bits per heavy atom. The molecule has 0 amide bonds.